The van der Waals surface area contributed by atoms with E-state index < -0.39 is 22.3 Å². The number of alkyl halides is 3. The summed E-state index contributed by atoms with van der Waals surface area (Å²) in [7, 11) is 1.26. The molecule has 0 unspecified atom stereocenters. The van der Waals surface area contributed by atoms with Crippen molar-refractivity contribution in [2.24, 2.45) is 7.05 Å². The van der Waals surface area contributed by atoms with Crippen molar-refractivity contribution < 1.29 is 18.0 Å². The molecule has 2 aromatic heterocycles. The summed E-state index contributed by atoms with van der Waals surface area (Å²) in [5.74, 6) is -0.556. The molecule has 0 aliphatic rings. The number of carbonyl (C=O) groups excluding carboxylic acids is 1. The maximum absolute atomic E-state index is 12.9. The van der Waals surface area contributed by atoms with Gasteiger partial charge in [-0.3, -0.25) is 14.2 Å². The van der Waals surface area contributed by atoms with Crippen molar-refractivity contribution in [3.63, 3.8) is 0 Å². The second-order valence-corrected chi connectivity index (χ2v) is 6.84. The van der Waals surface area contributed by atoms with Gasteiger partial charge in [-0.1, -0.05) is 23.7 Å². The summed E-state index contributed by atoms with van der Waals surface area (Å²) in [6.07, 6.45) is -3.03. The Balaban J connectivity index is 1.75. The first-order valence-electron chi connectivity index (χ1n) is 7.54. The highest BCUT2D eigenvalue weighted by atomic mass is 79.9. The van der Waals surface area contributed by atoms with Gasteiger partial charge in [0.05, 0.1) is 11.0 Å². The van der Waals surface area contributed by atoms with Gasteiger partial charge in [-0.2, -0.15) is 23.4 Å². The van der Waals surface area contributed by atoms with Crippen molar-refractivity contribution in [2.45, 2.75) is 12.7 Å². The minimum absolute atomic E-state index is 0.204. The molecule has 11 heteroatoms. The summed E-state index contributed by atoms with van der Waals surface area (Å²) in [6.45, 7) is 0.445. The summed E-state index contributed by atoms with van der Waals surface area (Å²) in [6, 6.07) is 8.73. The predicted octanol–water partition coefficient (Wildman–Crippen LogP) is 4.35. The molecule has 0 saturated heterocycles. The average Bonchev–Trinajstić information content (AvgIpc) is 3.13. The fourth-order valence-electron chi connectivity index (χ4n) is 2.39. The smallest absolute Gasteiger partial charge is 0.304 e. The largest absolute Gasteiger partial charge is 0.436 e. The first-order valence-corrected chi connectivity index (χ1v) is 8.71. The molecule has 0 bridgehead atoms. The molecule has 0 aliphatic heterocycles. The van der Waals surface area contributed by atoms with Crippen LogP contribution in [-0.2, 0) is 19.8 Å². The number of carbonyl (C=O) groups is 1. The lowest BCUT2D eigenvalue weighted by Crippen LogP contribution is -2.17. The van der Waals surface area contributed by atoms with Crippen molar-refractivity contribution in [3.8, 4) is 0 Å². The van der Waals surface area contributed by atoms with Gasteiger partial charge >= 0.3 is 6.18 Å². The molecule has 1 amide bonds. The van der Waals surface area contributed by atoms with E-state index in [0.717, 1.165) is 10.2 Å². The number of nitrogens with zero attached hydrogens (tertiary/aromatic N) is 4. The molecule has 142 valence electrons. The number of hydrogen-bond donors (Lipinski definition) is 1. The third-order valence-corrected chi connectivity index (χ3v) is 4.62. The number of anilines is 1. The van der Waals surface area contributed by atoms with Crippen LogP contribution in [0.3, 0.4) is 0 Å². The molecule has 0 saturated carbocycles. The van der Waals surface area contributed by atoms with E-state index in [0.29, 0.717) is 11.6 Å². The molecular weight excluding hydrogens is 451 g/mol. The number of halogens is 5. The standard InChI is InChI=1S/C16H12BrClF3N5O/c1-25-13(12(17)14(24-25)16(19,20)21)15(27)22-11-6-7-26(23-11)8-9-2-4-10(18)5-3-9/h2-7H,8H2,1H3,(H,22,23,27). The van der Waals surface area contributed by atoms with Crippen molar-refractivity contribution in [3.05, 3.63) is 63.0 Å². The van der Waals surface area contributed by atoms with Gasteiger partial charge in [0.15, 0.2) is 11.5 Å². The summed E-state index contributed by atoms with van der Waals surface area (Å²) >= 11 is 8.64. The van der Waals surface area contributed by atoms with Crippen molar-refractivity contribution in [1.29, 1.82) is 0 Å². The topological polar surface area (TPSA) is 64.7 Å². The van der Waals surface area contributed by atoms with Crippen LogP contribution in [0.1, 0.15) is 21.7 Å². The van der Waals surface area contributed by atoms with Gasteiger partial charge < -0.3 is 5.32 Å². The minimum Gasteiger partial charge on any atom is -0.304 e. The van der Waals surface area contributed by atoms with E-state index in [1.807, 2.05) is 12.1 Å². The molecule has 2 heterocycles. The van der Waals surface area contributed by atoms with Crippen molar-refractivity contribution >= 4 is 39.3 Å². The van der Waals surface area contributed by atoms with Gasteiger partial charge in [0.1, 0.15) is 5.69 Å². The third-order valence-electron chi connectivity index (χ3n) is 3.61. The second kappa shape index (κ2) is 7.35. The van der Waals surface area contributed by atoms with E-state index in [4.69, 9.17) is 11.6 Å². The number of nitrogens with one attached hydrogen (secondary N) is 1. The molecule has 0 radical (unpaired) electrons. The summed E-state index contributed by atoms with van der Waals surface area (Å²) in [5.41, 5.74) is -0.470. The molecule has 0 aliphatic carbocycles. The number of aromatic nitrogens is 4. The van der Waals surface area contributed by atoms with Gasteiger partial charge in [-0.05, 0) is 33.6 Å². The Morgan fingerprint density at radius 2 is 1.89 bits per heavy atom. The zero-order valence-corrected chi connectivity index (χ0v) is 16.1. The fourth-order valence-corrected chi connectivity index (χ4v) is 3.26. The van der Waals surface area contributed by atoms with Crippen LogP contribution in [0.15, 0.2) is 41.0 Å². The van der Waals surface area contributed by atoms with E-state index in [1.165, 1.54) is 7.05 Å². The van der Waals surface area contributed by atoms with E-state index in [-0.39, 0.29) is 11.5 Å². The maximum atomic E-state index is 12.9. The molecule has 0 fully saturated rings. The SMILES string of the molecule is Cn1nc(C(F)(F)F)c(Br)c1C(=O)Nc1ccn(Cc2ccc(Cl)cc2)n1. The highest BCUT2D eigenvalue weighted by Gasteiger charge is 2.39. The molecule has 0 atom stereocenters. The molecule has 1 aromatic carbocycles. The van der Waals surface area contributed by atoms with Gasteiger partial charge in [0.2, 0.25) is 0 Å². The quantitative estimate of drug-likeness (QED) is 0.627. The van der Waals surface area contributed by atoms with Crippen LogP contribution in [-0.4, -0.2) is 25.5 Å². The first kappa shape index (κ1) is 19.4. The lowest BCUT2D eigenvalue weighted by Gasteiger charge is -2.04. The Bertz CT molecular complexity index is 981. The molecule has 27 heavy (non-hydrogen) atoms. The Hall–Kier alpha value is -2.33. The summed E-state index contributed by atoms with van der Waals surface area (Å²) < 4.78 is 40.7. The number of amides is 1. The van der Waals surface area contributed by atoms with Gasteiger partial charge in [-0.15, -0.1) is 0 Å². The Labute approximate surface area is 165 Å². The Kier molecular flexibility index (Phi) is 5.29. The zero-order valence-electron chi connectivity index (χ0n) is 13.8. The first-order chi connectivity index (χ1) is 12.6. The monoisotopic (exact) mass is 461 g/mol. The summed E-state index contributed by atoms with van der Waals surface area (Å²) in [5, 5.41) is 10.6. The van der Waals surface area contributed by atoms with Crippen LogP contribution in [0.5, 0.6) is 0 Å². The fraction of sp³-hybridized carbons (Fsp3) is 0.188. The highest BCUT2D eigenvalue weighted by molar-refractivity contribution is 9.10. The van der Waals surface area contributed by atoms with Crippen LogP contribution >= 0.6 is 27.5 Å². The highest BCUT2D eigenvalue weighted by Crippen LogP contribution is 2.35. The van der Waals surface area contributed by atoms with Gasteiger partial charge in [-0.25, -0.2) is 0 Å². The van der Waals surface area contributed by atoms with Crippen LogP contribution in [0.2, 0.25) is 5.02 Å². The van der Waals surface area contributed by atoms with Crippen LogP contribution in [0.4, 0.5) is 19.0 Å². The molecule has 0 spiro atoms. The number of aryl methyl sites for hydroxylation is 1. The van der Waals surface area contributed by atoms with E-state index in [9.17, 15) is 18.0 Å². The summed E-state index contributed by atoms with van der Waals surface area (Å²) in [4.78, 5) is 12.4. The number of benzene rings is 1. The Morgan fingerprint density at radius 3 is 2.48 bits per heavy atom. The van der Waals surface area contributed by atoms with Crippen LogP contribution in [0.25, 0.3) is 0 Å². The van der Waals surface area contributed by atoms with Gasteiger partial charge in [0.25, 0.3) is 5.91 Å². The van der Waals surface area contributed by atoms with Crippen molar-refractivity contribution in [2.75, 3.05) is 5.32 Å². The lowest BCUT2D eigenvalue weighted by atomic mass is 10.2. The lowest BCUT2D eigenvalue weighted by molar-refractivity contribution is -0.142. The van der Waals surface area contributed by atoms with E-state index in [2.05, 4.69) is 31.4 Å². The number of hydrogen-bond acceptors (Lipinski definition) is 3. The second-order valence-electron chi connectivity index (χ2n) is 5.61. The van der Waals surface area contributed by atoms with Crippen LogP contribution < -0.4 is 5.32 Å². The molecular formula is C16H12BrClF3N5O. The van der Waals surface area contributed by atoms with E-state index >= 15 is 0 Å². The molecule has 1 N–H and O–H groups in total. The van der Waals surface area contributed by atoms with E-state index in [1.54, 1.807) is 29.1 Å². The molecule has 3 rings (SSSR count). The normalized spacial score (nSPS) is 11.6. The van der Waals surface area contributed by atoms with Crippen LogP contribution in [0, 0.1) is 0 Å². The third kappa shape index (κ3) is 4.33. The van der Waals surface area contributed by atoms with Gasteiger partial charge in [0, 0.05) is 24.3 Å². The maximum Gasteiger partial charge on any atom is 0.436 e. The predicted molar refractivity (Wildman–Crippen MR) is 96.6 cm³/mol. The molecule has 3 aromatic rings. The minimum atomic E-state index is -4.67. The Morgan fingerprint density at radius 1 is 1.22 bits per heavy atom. The zero-order chi connectivity index (χ0) is 19.8. The molecule has 6 nitrogen and oxygen atoms in total. The average molecular weight is 463 g/mol. The van der Waals surface area contributed by atoms with Crippen molar-refractivity contribution in [1.82, 2.24) is 19.6 Å². The number of rotatable bonds is 4.